The first-order valence-corrected chi connectivity index (χ1v) is 9.34. The number of aromatic nitrogens is 1. The first-order chi connectivity index (χ1) is 11.8. The van der Waals surface area contributed by atoms with Gasteiger partial charge in [0.1, 0.15) is 6.04 Å². The number of likely N-dealkylation sites (tertiary alicyclic amines) is 2. The monoisotopic (exact) mass is 329 g/mol. The van der Waals surface area contributed by atoms with Crippen molar-refractivity contribution in [3.05, 3.63) is 30.1 Å². The molecule has 0 aromatic carbocycles. The van der Waals surface area contributed by atoms with Gasteiger partial charge in [-0.1, -0.05) is 6.07 Å². The van der Waals surface area contributed by atoms with Gasteiger partial charge in [0.25, 0.3) is 0 Å². The third kappa shape index (κ3) is 3.07. The van der Waals surface area contributed by atoms with Crippen LogP contribution in [0.1, 0.15) is 50.1 Å². The lowest BCUT2D eigenvalue weighted by atomic mass is 9.88. The van der Waals surface area contributed by atoms with Gasteiger partial charge < -0.3 is 9.64 Å². The molecule has 0 aliphatic carbocycles. The van der Waals surface area contributed by atoms with E-state index in [1.807, 2.05) is 18.3 Å². The van der Waals surface area contributed by atoms with Crippen LogP contribution in [-0.2, 0) is 9.53 Å². The fraction of sp³-hybridized carbons (Fsp3) is 0.684. The van der Waals surface area contributed by atoms with Crippen molar-refractivity contribution < 1.29 is 9.53 Å². The standard InChI is InChI=1S/C19H27N3O2/c23-18(22-12-7-19(8-13-22)6-4-14-24-19)17(21-10-1-2-11-21)16-5-3-9-20-15-16/h3,5,9,15,17H,1-2,4,6-8,10-14H2. The second-order valence-corrected chi connectivity index (χ2v) is 7.39. The summed E-state index contributed by atoms with van der Waals surface area (Å²) in [6.07, 6.45) is 10.3. The Bertz CT molecular complexity index is 555. The summed E-state index contributed by atoms with van der Waals surface area (Å²) in [4.78, 5) is 21.9. The highest BCUT2D eigenvalue weighted by Crippen LogP contribution is 2.37. The maximum absolute atomic E-state index is 13.3. The number of rotatable bonds is 3. The van der Waals surface area contributed by atoms with Crippen LogP contribution >= 0.6 is 0 Å². The van der Waals surface area contributed by atoms with Gasteiger partial charge in [0, 0.05) is 32.1 Å². The Morgan fingerprint density at radius 1 is 1.12 bits per heavy atom. The molecule has 130 valence electrons. The Labute approximate surface area is 144 Å². The zero-order chi connectivity index (χ0) is 16.4. The van der Waals surface area contributed by atoms with E-state index in [4.69, 9.17) is 4.74 Å². The minimum Gasteiger partial charge on any atom is -0.375 e. The highest BCUT2D eigenvalue weighted by molar-refractivity contribution is 5.83. The lowest BCUT2D eigenvalue weighted by molar-refractivity contribution is -0.141. The smallest absolute Gasteiger partial charge is 0.244 e. The Morgan fingerprint density at radius 3 is 2.54 bits per heavy atom. The maximum atomic E-state index is 13.3. The molecule has 3 fully saturated rings. The number of amides is 1. The first kappa shape index (κ1) is 16.0. The first-order valence-electron chi connectivity index (χ1n) is 9.34. The molecule has 1 aromatic rings. The van der Waals surface area contributed by atoms with E-state index >= 15 is 0 Å². The topological polar surface area (TPSA) is 45.7 Å². The summed E-state index contributed by atoms with van der Waals surface area (Å²) in [6.45, 7) is 4.55. The van der Waals surface area contributed by atoms with Crippen molar-refractivity contribution in [2.24, 2.45) is 0 Å². The van der Waals surface area contributed by atoms with E-state index < -0.39 is 0 Å². The van der Waals surface area contributed by atoms with E-state index in [2.05, 4.69) is 14.8 Å². The molecule has 1 aromatic heterocycles. The fourth-order valence-electron chi connectivity index (χ4n) is 4.50. The predicted octanol–water partition coefficient (Wildman–Crippen LogP) is 2.39. The molecular formula is C19H27N3O2. The third-order valence-electron chi connectivity index (χ3n) is 5.91. The molecule has 24 heavy (non-hydrogen) atoms. The summed E-state index contributed by atoms with van der Waals surface area (Å²) < 4.78 is 6.00. The summed E-state index contributed by atoms with van der Waals surface area (Å²) >= 11 is 0. The molecule has 4 rings (SSSR count). The summed E-state index contributed by atoms with van der Waals surface area (Å²) in [5.74, 6) is 0.248. The minimum atomic E-state index is -0.167. The number of pyridine rings is 1. The summed E-state index contributed by atoms with van der Waals surface area (Å²) in [6, 6.07) is 3.81. The average molecular weight is 329 g/mol. The van der Waals surface area contributed by atoms with E-state index in [0.717, 1.165) is 57.6 Å². The molecule has 0 radical (unpaired) electrons. The number of piperidine rings is 1. The Balaban J connectivity index is 1.49. The van der Waals surface area contributed by atoms with Gasteiger partial charge in [-0.05, 0) is 63.2 Å². The molecule has 4 heterocycles. The van der Waals surface area contributed by atoms with Crippen molar-refractivity contribution in [1.29, 1.82) is 0 Å². The van der Waals surface area contributed by atoms with Crippen LogP contribution in [0.15, 0.2) is 24.5 Å². The van der Waals surface area contributed by atoms with E-state index in [9.17, 15) is 4.79 Å². The highest BCUT2D eigenvalue weighted by Gasteiger charge is 2.41. The average Bonchev–Trinajstić information content (AvgIpc) is 3.30. The van der Waals surface area contributed by atoms with Gasteiger partial charge in [-0.15, -0.1) is 0 Å². The zero-order valence-corrected chi connectivity index (χ0v) is 14.3. The lowest BCUT2D eigenvalue weighted by Crippen LogP contribution is -2.50. The molecule has 3 saturated heterocycles. The molecule has 3 aliphatic rings. The van der Waals surface area contributed by atoms with Crippen LogP contribution in [0.25, 0.3) is 0 Å². The Hall–Kier alpha value is -1.46. The maximum Gasteiger partial charge on any atom is 0.244 e. The van der Waals surface area contributed by atoms with Gasteiger partial charge in [-0.3, -0.25) is 14.7 Å². The number of carbonyl (C=O) groups excluding carboxylic acids is 1. The van der Waals surface area contributed by atoms with Gasteiger partial charge in [-0.2, -0.15) is 0 Å². The number of hydrogen-bond donors (Lipinski definition) is 0. The third-order valence-corrected chi connectivity index (χ3v) is 5.91. The van der Waals surface area contributed by atoms with E-state index in [1.165, 1.54) is 19.3 Å². The molecule has 1 spiro atoms. The molecular weight excluding hydrogens is 302 g/mol. The van der Waals surface area contributed by atoms with Crippen LogP contribution in [-0.4, -0.2) is 59.1 Å². The summed E-state index contributed by atoms with van der Waals surface area (Å²) in [7, 11) is 0. The summed E-state index contributed by atoms with van der Waals surface area (Å²) in [5, 5.41) is 0. The molecule has 1 atom stereocenters. The zero-order valence-electron chi connectivity index (χ0n) is 14.3. The lowest BCUT2D eigenvalue weighted by Gasteiger charge is -2.41. The van der Waals surface area contributed by atoms with Gasteiger partial charge in [0.05, 0.1) is 5.60 Å². The van der Waals surface area contributed by atoms with Crippen LogP contribution in [0.4, 0.5) is 0 Å². The van der Waals surface area contributed by atoms with E-state index in [1.54, 1.807) is 6.20 Å². The van der Waals surface area contributed by atoms with Crippen LogP contribution in [0, 0.1) is 0 Å². The molecule has 0 N–H and O–H groups in total. The molecule has 0 saturated carbocycles. The molecule has 1 unspecified atom stereocenters. The number of nitrogens with zero attached hydrogens (tertiary/aromatic N) is 3. The van der Waals surface area contributed by atoms with Crippen LogP contribution in [0.2, 0.25) is 0 Å². The van der Waals surface area contributed by atoms with Gasteiger partial charge in [0.2, 0.25) is 5.91 Å². The molecule has 0 bridgehead atoms. The second kappa shape index (κ2) is 6.81. The van der Waals surface area contributed by atoms with Crippen molar-refractivity contribution in [3.8, 4) is 0 Å². The van der Waals surface area contributed by atoms with Crippen LogP contribution < -0.4 is 0 Å². The number of carbonyl (C=O) groups is 1. The molecule has 5 nitrogen and oxygen atoms in total. The predicted molar refractivity (Wildman–Crippen MR) is 91.5 cm³/mol. The van der Waals surface area contributed by atoms with E-state index in [0.29, 0.717) is 0 Å². The largest absolute Gasteiger partial charge is 0.375 e. The SMILES string of the molecule is O=C(C(c1cccnc1)N1CCCC1)N1CCC2(CCCO2)CC1. The van der Waals surface area contributed by atoms with Crippen molar-refractivity contribution >= 4 is 5.91 Å². The molecule has 5 heteroatoms. The van der Waals surface area contributed by atoms with Gasteiger partial charge in [0.15, 0.2) is 0 Å². The fourth-order valence-corrected chi connectivity index (χ4v) is 4.50. The minimum absolute atomic E-state index is 0.0637. The van der Waals surface area contributed by atoms with Crippen molar-refractivity contribution in [2.75, 3.05) is 32.8 Å². The summed E-state index contributed by atoms with van der Waals surface area (Å²) in [5.41, 5.74) is 1.09. The van der Waals surface area contributed by atoms with Gasteiger partial charge >= 0.3 is 0 Å². The number of hydrogen-bond acceptors (Lipinski definition) is 4. The van der Waals surface area contributed by atoms with Crippen molar-refractivity contribution in [1.82, 2.24) is 14.8 Å². The normalized spacial score (nSPS) is 25.2. The van der Waals surface area contributed by atoms with Gasteiger partial charge in [-0.25, -0.2) is 0 Å². The van der Waals surface area contributed by atoms with Crippen LogP contribution in [0.5, 0.6) is 0 Å². The number of ether oxygens (including phenoxy) is 1. The van der Waals surface area contributed by atoms with Crippen molar-refractivity contribution in [2.45, 2.75) is 50.2 Å². The second-order valence-electron chi connectivity index (χ2n) is 7.39. The van der Waals surface area contributed by atoms with E-state index in [-0.39, 0.29) is 17.6 Å². The quantitative estimate of drug-likeness (QED) is 0.854. The molecule has 1 amide bonds. The highest BCUT2D eigenvalue weighted by atomic mass is 16.5. The van der Waals surface area contributed by atoms with Crippen LogP contribution in [0.3, 0.4) is 0 Å². The Kier molecular flexibility index (Phi) is 4.55. The Morgan fingerprint density at radius 2 is 1.92 bits per heavy atom. The molecule has 3 aliphatic heterocycles. The van der Waals surface area contributed by atoms with Crippen molar-refractivity contribution in [3.63, 3.8) is 0 Å².